The third kappa shape index (κ3) is 3.47. The zero-order chi connectivity index (χ0) is 20.0. The Morgan fingerprint density at radius 1 is 1.17 bits per heavy atom. The van der Waals surface area contributed by atoms with Gasteiger partial charge in [-0.1, -0.05) is 41.9 Å². The molecular weight excluding hydrogens is 382 g/mol. The van der Waals surface area contributed by atoms with E-state index in [0.717, 1.165) is 58.7 Å². The van der Waals surface area contributed by atoms with Crippen LogP contribution in [-0.4, -0.2) is 34.9 Å². The molecule has 0 spiro atoms. The molecule has 29 heavy (non-hydrogen) atoms. The molecule has 0 fully saturated rings. The number of carbonyl (C=O) groups is 1. The molecule has 0 saturated heterocycles. The van der Waals surface area contributed by atoms with E-state index in [1.165, 1.54) is 11.1 Å². The van der Waals surface area contributed by atoms with Gasteiger partial charge in [0.2, 0.25) is 5.91 Å². The lowest BCUT2D eigenvalue weighted by atomic mass is 9.94. The molecule has 3 heterocycles. The van der Waals surface area contributed by atoms with E-state index < -0.39 is 0 Å². The molecule has 1 aromatic heterocycles. The number of hydrogen-bond acceptors (Lipinski definition) is 2. The van der Waals surface area contributed by atoms with E-state index in [0.29, 0.717) is 6.54 Å². The monoisotopic (exact) mass is 405 g/mol. The van der Waals surface area contributed by atoms with Gasteiger partial charge in [0.1, 0.15) is 0 Å². The summed E-state index contributed by atoms with van der Waals surface area (Å²) in [4.78, 5) is 18.6. The second-order valence-corrected chi connectivity index (χ2v) is 8.46. The minimum absolute atomic E-state index is 0.152. The Morgan fingerprint density at radius 2 is 2.00 bits per heavy atom. The van der Waals surface area contributed by atoms with E-state index in [2.05, 4.69) is 52.8 Å². The number of rotatable bonds is 2. The number of amides is 1. The number of aryl methyl sites for hydroxylation is 1. The average molecular weight is 406 g/mol. The highest BCUT2D eigenvalue weighted by molar-refractivity contribution is 6.35. The molecule has 0 bridgehead atoms. The van der Waals surface area contributed by atoms with Crippen LogP contribution >= 0.6 is 11.6 Å². The third-order valence-electron chi connectivity index (χ3n) is 6.04. The molecule has 0 aliphatic carbocycles. The molecule has 148 valence electrons. The maximum Gasteiger partial charge on any atom is 0.240 e. The number of benzene rings is 2. The number of nitrogens with one attached hydrogen (secondary N) is 2. The van der Waals surface area contributed by atoms with Crippen molar-refractivity contribution < 1.29 is 4.79 Å². The van der Waals surface area contributed by atoms with E-state index in [-0.39, 0.29) is 11.9 Å². The number of aromatic amines is 1. The van der Waals surface area contributed by atoms with E-state index in [1.807, 2.05) is 17.9 Å². The van der Waals surface area contributed by atoms with Gasteiger partial charge in [-0.2, -0.15) is 0 Å². The summed E-state index contributed by atoms with van der Waals surface area (Å²) in [5, 5.41) is 5.22. The summed E-state index contributed by atoms with van der Waals surface area (Å²) in [6, 6.07) is 14.4. The van der Waals surface area contributed by atoms with Gasteiger partial charge >= 0.3 is 0 Å². The molecule has 5 heteroatoms. The van der Waals surface area contributed by atoms with Gasteiger partial charge in [0, 0.05) is 36.2 Å². The number of aromatic nitrogens is 1. The van der Waals surface area contributed by atoms with Gasteiger partial charge in [-0.3, -0.25) is 4.79 Å². The highest BCUT2D eigenvalue weighted by Crippen LogP contribution is 2.31. The second-order valence-electron chi connectivity index (χ2n) is 8.06. The Kier molecular flexibility index (Phi) is 4.69. The maximum absolute atomic E-state index is 13.2. The molecule has 5 rings (SSSR count). The number of carbonyl (C=O) groups excluding carboxylic acids is 1. The Morgan fingerprint density at radius 3 is 2.86 bits per heavy atom. The van der Waals surface area contributed by atoms with Crippen LogP contribution in [0, 0.1) is 6.92 Å². The van der Waals surface area contributed by atoms with Crippen molar-refractivity contribution in [2.45, 2.75) is 32.4 Å². The summed E-state index contributed by atoms with van der Waals surface area (Å²) >= 11 is 6.53. The normalized spacial score (nSPS) is 19.2. The second kappa shape index (κ2) is 7.36. The Bertz CT molecular complexity index is 1130. The molecule has 1 atom stereocenters. The van der Waals surface area contributed by atoms with Crippen molar-refractivity contribution in [3.05, 3.63) is 75.9 Å². The summed E-state index contributed by atoms with van der Waals surface area (Å²) in [5.74, 6) is 0.188. The van der Waals surface area contributed by atoms with Gasteiger partial charge in [0.05, 0.1) is 11.1 Å². The number of hydrogen-bond donors (Lipinski definition) is 2. The van der Waals surface area contributed by atoms with E-state index >= 15 is 0 Å². The highest BCUT2D eigenvalue weighted by Gasteiger charge is 2.29. The Labute approximate surface area is 175 Å². The molecule has 0 radical (unpaired) electrons. The van der Waals surface area contributed by atoms with Gasteiger partial charge in [-0.25, -0.2) is 0 Å². The molecule has 2 aromatic carbocycles. The molecular formula is C24H24ClN3O. The lowest BCUT2D eigenvalue weighted by Gasteiger charge is -2.33. The number of H-pyrrole nitrogens is 1. The average Bonchev–Trinajstić information content (AvgIpc) is 3.14. The van der Waals surface area contributed by atoms with Gasteiger partial charge in [0.15, 0.2) is 0 Å². The highest BCUT2D eigenvalue weighted by atomic mass is 35.5. The standard InChI is InChI=1S/C24H24ClN3O/c1-15-9-20-21(25)10-19(12-22(20)27-15)18-7-4-8-28(14-18)24(29)23-11-16-5-2-3-6-17(16)13-26-23/h2-3,5-7,9-10,12,23,26-27H,4,8,11,13-14H2,1H3. The first-order chi connectivity index (χ1) is 14.1. The first-order valence-electron chi connectivity index (χ1n) is 10.2. The van der Waals surface area contributed by atoms with Crippen LogP contribution in [0.3, 0.4) is 0 Å². The number of fused-ring (bicyclic) bond motifs is 2. The summed E-state index contributed by atoms with van der Waals surface area (Å²) in [7, 11) is 0. The number of nitrogens with zero attached hydrogens (tertiary/aromatic N) is 1. The first kappa shape index (κ1) is 18.5. The molecule has 4 nitrogen and oxygen atoms in total. The fraction of sp³-hybridized carbons (Fsp3) is 0.292. The largest absolute Gasteiger partial charge is 0.359 e. The van der Waals surface area contributed by atoms with E-state index in [9.17, 15) is 4.79 Å². The fourth-order valence-electron chi connectivity index (χ4n) is 4.51. The molecule has 2 aliphatic heterocycles. The molecule has 0 saturated carbocycles. The molecule has 1 unspecified atom stereocenters. The van der Waals surface area contributed by atoms with E-state index in [4.69, 9.17) is 11.6 Å². The SMILES string of the molecule is Cc1cc2c(Cl)cc(C3=CCCN(C(=O)C4Cc5ccccc5CN4)C3)cc2[nH]1. The summed E-state index contributed by atoms with van der Waals surface area (Å²) in [5.41, 5.74) is 6.95. The summed E-state index contributed by atoms with van der Waals surface area (Å²) < 4.78 is 0. The van der Waals surface area contributed by atoms with Gasteiger partial charge in [-0.15, -0.1) is 0 Å². The van der Waals surface area contributed by atoms with Crippen molar-refractivity contribution in [1.82, 2.24) is 15.2 Å². The van der Waals surface area contributed by atoms with Crippen LogP contribution < -0.4 is 5.32 Å². The number of halogens is 1. The first-order valence-corrected chi connectivity index (χ1v) is 10.5. The van der Waals surface area contributed by atoms with Crippen molar-refractivity contribution in [1.29, 1.82) is 0 Å². The third-order valence-corrected chi connectivity index (χ3v) is 6.35. The van der Waals surface area contributed by atoms with Crippen LogP contribution in [-0.2, 0) is 17.8 Å². The zero-order valence-corrected chi connectivity index (χ0v) is 17.2. The molecule has 3 aromatic rings. The molecule has 1 amide bonds. The fourth-order valence-corrected chi connectivity index (χ4v) is 4.78. The van der Waals surface area contributed by atoms with Crippen molar-refractivity contribution in [2.24, 2.45) is 0 Å². The minimum Gasteiger partial charge on any atom is -0.359 e. The Hall–Kier alpha value is -2.56. The predicted octanol–water partition coefficient (Wildman–Crippen LogP) is 4.46. The van der Waals surface area contributed by atoms with Crippen LogP contribution in [0.25, 0.3) is 16.5 Å². The lowest BCUT2D eigenvalue weighted by Crippen LogP contribution is -2.50. The van der Waals surface area contributed by atoms with Crippen LogP contribution in [0.2, 0.25) is 5.02 Å². The van der Waals surface area contributed by atoms with Gasteiger partial charge in [0.25, 0.3) is 0 Å². The van der Waals surface area contributed by atoms with E-state index in [1.54, 1.807) is 0 Å². The van der Waals surface area contributed by atoms with Crippen LogP contribution in [0.5, 0.6) is 0 Å². The Balaban J connectivity index is 1.36. The van der Waals surface area contributed by atoms with Crippen molar-refractivity contribution in [3.63, 3.8) is 0 Å². The lowest BCUT2D eigenvalue weighted by molar-refractivity contribution is -0.133. The van der Waals surface area contributed by atoms with Gasteiger partial charge in [-0.05, 0) is 60.2 Å². The molecule has 2 N–H and O–H groups in total. The predicted molar refractivity (Wildman–Crippen MR) is 118 cm³/mol. The van der Waals surface area contributed by atoms with Crippen LogP contribution in [0.15, 0.2) is 48.5 Å². The van der Waals surface area contributed by atoms with Crippen molar-refractivity contribution >= 4 is 34.0 Å². The maximum atomic E-state index is 13.2. The van der Waals surface area contributed by atoms with Gasteiger partial charge < -0.3 is 15.2 Å². The van der Waals surface area contributed by atoms with Crippen LogP contribution in [0.4, 0.5) is 0 Å². The molecule has 2 aliphatic rings. The smallest absolute Gasteiger partial charge is 0.240 e. The van der Waals surface area contributed by atoms with Crippen molar-refractivity contribution in [3.8, 4) is 0 Å². The van der Waals surface area contributed by atoms with Crippen molar-refractivity contribution in [2.75, 3.05) is 13.1 Å². The quantitative estimate of drug-likeness (QED) is 0.661. The zero-order valence-electron chi connectivity index (χ0n) is 16.5. The summed E-state index contributed by atoms with van der Waals surface area (Å²) in [6.45, 7) is 4.17. The minimum atomic E-state index is -0.152. The van der Waals surface area contributed by atoms with Crippen LogP contribution in [0.1, 0.15) is 28.8 Å². The topological polar surface area (TPSA) is 48.1 Å². The summed E-state index contributed by atoms with van der Waals surface area (Å²) in [6.07, 6.45) is 3.86.